The van der Waals surface area contributed by atoms with Gasteiger partial charge >= 0.3 is 0 Å². The number of nitrogens with zero attached hydrogens (tertiary/aromatic N) is 2. The van der Waals surface area contributed by atoms with Gasteiger partial charge in [0.05, 0.1) is 12.1 Å². The molecule has 20 heavy (non-hydrogen) atoms. The van der Waals surface area contributed by atoms with Crippen molar-refractivity contribution in [3.8, 4) is 0 Å². The van der Waals surface area contributed by atoms with Gasteiger partial charge in [-0.25, -0.2) is 0 Å². The van der Waals surface area contributed by atoms with E-state index in [-0.39, 0.29) is 6.61 Å². The van der Waals surface area contributed by atoms with Gasteiger partial charge in [0.1, 0.15) is 0 Å². The van der Waals surface area contributed by atoms with Gasteiger partial charge in [-0.1, -0.05) is 65.2 Å². The second-order valence-corrected chi connectivity index (χ2v) is 7.44. The van der Waals surface area contributed by atoms with Crippen LogP contribution in [0.1, 0.15) is 5.56 Å². The van der Waals surface area contributed by atoms with Crippen LogP contribution in [0.2, 0.25) is 0 Å². The second-order valence-electron chi connectivity index (χ2n) is 4.18. The van der Waals surface area contributed by atoms with Gasteiger partial charge in [-0.2, -0.15) is 0 Å². The molecule has 1 unspecified atom stereocenters. The number of benzene rings is 1. The van der Waals surface area contributed by atoms with E-state index in [1.165, 1.54) is 0 Å². The molecule has 0 bridgehead atoms. The Kier molecular flexibility index (Phi) is 5.86. The summed E-state index contributed by atoms with van der Waals surface area (Å²) in [6, 6.07) is 10.0. The van der Waals surface area contributed by atoms with Crippen molar-refractivity contribution in [3.05, 3.63) is 35.9 Å². The lowest BCUT2D eigenvalue weighted by molar-refractivity contribution is 0.187. The molecule has 1 aromatic heterocycles. The molecule has 0 amide bonds. The van der Waals surface area contributed by atoms with Gasteiger partial charge in [-0.05, 0) is 18.9 Å². The highest BCUT2D eigenvalue weighted by Crippen LogP contribution is 2.32. The first kappa shape index (κ1) is 15.8. The molecule has 4 nitrogen and oxygen atoms in total. The fourth-order valence-electron chi connectivity index (χ4n) is 1.80. The zero-order chi connectivity index (χ0) is 14.4. The van der Waals surface area contributed by atoms with Crippen LogP contribution in [0.5, 0.6) is 0 Å². The van der Waals surface area contributed by atoms with Crippen molar-refractivity contribution < 1.29 is 5.11 Å². The van der Waals surface area contributed by atoms with Crippen molar-refractivity contribution in [3.63, 3.8) is 0 Å². The Balaban J connectivity index is 2.13. The molecule has 0 aliphatic heterocycles. The molecule has 0 aliphatic rings. The maximum Gasteiger partial charge on any atom is 0.175 e. The number of hydrogen-bond donors (Lipinski definition) is 2. The Hall–Kier alpha value is -0.600. The van der Waals surface area contributed by atoms with Crippen LogP contribution < -0.4 is 5.32 Å². The van der Waals surface area contributed by atoms with E-state index in [1.807, 2.05) is 43.6 Å². The summed E-state index contributed by atoms with van der Waals surface area (Å²) in [5, 5.41) is 21.3. The van der Waals surface area contributed by atoms with Crippen molar-refractivity contribution in [2.24, 2.45) is 0 Å². The molecule has 0 aliphatic carbocycles. The smallest absolute Gasteiger partial charge is 0.175 e. The minimum atomic E-state index is -0.461. The van der Waals surface area contributed by atoms with Crippen LogP contribution in [-0.4, -0.2) is 41.0 Å². The van der Waals surface area contributed by atoms with E-state index in [1.54, 1.807) is 34.9 Å². The van der Waals surface area contributed by atoms with Gasteiger partial charge in [0.2, 0.25) is 0 Å². The van der Waals surface area contributed by atoms with Crippen LogP contribution in [0.25, 0.3) is 0 Å². The monoisotopic (exact) mass is 327 g/mol. The SMILES string of the molecule is CNC(CO)(CSc1nnc(SC)s1)c1ccccc1. The first-order valence-corrected chi connectivity index (χ1v) is 9.12. The summed E-state index contributed by atoms with van der Waals surface area (Å²) in [7, 11) is 1.87. The molecule has 7 heteroatoms. The minimum absolute atomic E-state index is 0.0364. The van der Waals surface area contributed by atoms with Crippen LogP contribution >= 0.6 is 34.9 Å². The summed E-state index contributed by atoms with van der Waals surface area (Å²) < 4.78 is 1.89. The average Bonchev–Trinajstić information content (AvgIpc) is 2.98. The molecule has 0 saturated heterocycles. The van der Waals surface area contributed by atoms with Crippen LogP contribution in [-0.2, 0) is 5.54 Å². The summed E-state index contributed by atoms with van der Waals surface area (Å²) in [6.07, 6.45) is 1.99. The summed E-state index contributed by atoms with van der Waals surface area (Å²) in [6.45, 7) is 0.0364. The zero-order valence-electron chi connectivity index (χ0n) is 11.4. The third kappa shape index (κ3) is 3.53. The first-order chi connectivity index (χ1) is 9.74. The molecule has 1 heterocycles. The number of aliphatic hydroxyl groups is 1. The summed E-state index contributed by atoms with van der Waals surface area (Å²) in [4.78, 5) is 0. The molecule has 2 N–H and O–H groups in total. The highest BCUT2D eigenvalue weighted by atomic mass is 32.2. The van der Waals surface area contributed by atoms with Gasteiger partial charge in [0.15, 0.2) is 8.68 Å². The van der Waals surface area contributed by atoms with E-state index in [0.717, 1.165) is 14.2 Å². The summed E-state index contributed by atoms with van der Waals surface area (Å²) in [5.74, 6) is 0.701. The fraction of sp³-hybridized carbons (Fsp3) is 0.385. The largest absolute Gasteiger partial charge is 0.394 e. The predicted octanol–water partition coefficient (Wildman–Crippen LogP) is 2.46. The van der Waals surface area contributed by atoms with Crippen LogP contribution in [0, 0.1) is 0 Å². The van der Waals surface area contributed by atoms with Gasteiger partial charge in [0.25, 0.3) is 0 Å². The van der Waals surface area contributed by atoms with Gasteiger partial charge in [-0.15, -0.1) is 10.2 Å². The Morgan fingerprint density at radius 1 is 1.25 bits per heavy atom. The molecule has 0 saturated carbocycles. The van der Waals surface area contributed by atoms with E-state index >= 15 is 0 Å². The molecule has 1 aromatic carbocycles. The van der Waals surface area contributed by atoms with Crippen LogP contribution in [0.3, 0.4) is 0 Å². The average molecular weight is 328 g/mol. The Morgan fingerprint density at radius 2 is 1.95 bits per heavy atom. The first-order valence-electron chi connectivity index (χ1n) is 6.09. The number of thioether (sulfide) groups is 2. The number of rotatable bonds is 7. The highest BCUT2D eigenvalue weighted by molar-refractivity contribution is 8.03. The number of aliphatic hydroxyl groups excluding tert-OH is 1. The lowest BCUT2D eigenvalue weighted by atomic mass is 9.93. The second kappa shape index (κ2) is 7.42. The Bertz CT molecular complexity index is 529. The van der Waals surface area contributed by atoms with Gasteiger partial charge in [-0.3, -0.25) is 0 Å². The summed E-state index contributed by atoms with van der Waals surface area (Å²) >= 11 is 4.80. The standard InChI is InChI=1S/C13H17N3OS3/c1-14-13(8-17,10-6-4-3-5-7-10)9-19-12-16-15-11(18-2)20-12/h3-7,14,17H,8-9H2,1-2H3. The lowest BCUT2D eigenvalue weighted by Crippen LogP contribution is -2.45. The maximum absolute atomic E-state index is 9.85. The molecule has 0 radical (unpaired) electrons. The van der Waals surface area contributed by atoms with E-state index in [2.05, 4.69) is 15.5 Å². The molecule has 0 fully saturated rings. The molecular weight excluding hydrogens is 310 g/mol. The zero-order valence-corrected chi connectivity index (χ0v) is 13.8. The van der Waals surface area contributed by atoms with Crippen LogP contribution in [0.15, 0.2) is 39.0 Å². The van der Waals surface area contributed by atoms with Crippen molar-refractivity contribution in [2.45, 2.75) is 14.2 Å². The molecule has 2 aromatic rings. The fourth-order valence-corrected chi connectivity index (χ4v) is 4.48. The number of hydrogen-bond acceptors (Lipinski definition) is 7. The Morgan fingerprint density at radius 3 is 2.50 bits per heavy atom. The number of likely N-dealkylation sites (N-methyl/N-ethyl adjacent to an activating group) is 1. The predicted molar refractivity (Wildman–Crippen MR) is 86.7 cm³/mol. The Labute approximate surface area is 131 Å². The third-order valence-corrected chi connectivity index (χ3v) is 6.34. The molecule has 0 spiro atoms. The maximum atomic E-state index is 9.85. The molecule has 108 valence electrons. The van der Waals surface area contributed by atoms with E-state index < -0.39 is 5.54 Å². The number of nitrogens with one attached hydrogen (secondary N) is 1. The highest BCUT2D eigenvalue weighted by Gasteiger charge is 2.30. The lowest BCUT2D eigenvalue weighted by Gasteiger charge is -2.31. The van der Waals surface area contributed by atoms with E-state index in [0.29, 0.717) is 5.75 Å². The van der Waals surface area contributed by atoms with Gasteiger partial charge < -0.3 is 10.4 Å². The van der Waals surface area contributed by atoms with E-state index in [9.17, 15) is 5.11 Å². The van der Waals surface area contributed by atoms with Crippen LogP contribution in [0.4, 0.5) is 0 Å². The van der Waals surface area contributed by atoms with Crippen molar-refractivity contribution in [2.75, 3.05) is 25.7 Å². The quantitative estimate of drug-likeness (QED) is 0.762. The third-order valence-electron chi connectivity index (χ3n) is 3.08. The van der Waals surface area contributed by atoms with Crippen molar-refractivity contribution >= 4 is 34.9 Å². The number of aromatic nitrogens is 2. The van der Waals surface area contributed by atoms with Crippen molar-refractivity contribution in [1.29, 1.82) is 0 Å². The van der Waals surface area contributed by atoms with Crippen molar-refractivity contribution in [1.82, 2.24) is 15.5 Å². The van der Waals surface area contributed by atoms with Gasteiger partial charge in [0, 0.05) is 5.75 Å². The molecule has 2 rings (SSSR count). The van der Waals surface area contributed by atoms with E-state index in [4.69, 9.17) is 0 Å². The normalized spacial score (nSPS) is 14.2. The molecular formula is C13H17N3OS3. The minimum Gasteiger partial charge on any atom is -0.394 e. The summed E-state index contributed by atoms with van der Waals surface area (Å²) in [5.41, 5.74) is 0.615. The molecule has 1 atom stereocenters. The topological polar surface area (TPSA) is 58.0 Å².